The molecule has 1 N–H and O–H groups in total. The van der Waals surface area contributed by atoms with Crippen molar-refractivity contribution < 1.29 is 13.2 Å². The van der Waals surface area contributed by atoms with Crippen LogP contribution in [-0.4, -0.2) is 34.8 Å². The van der Waals surface area contributed by atoms with E-state index < -0.39 is 16.1 Å². The number of rotatable bonds is 6. The van der Waals surface area contributed by atoms with Crippen molar-refractivity contribution >= 4 is 33.2 Å². The molecule has 2 heterocycles. The molecule has 0 bridgehead atoms. The monoisotopic (exact) mass is 392 g/mol. The van der Waals surface area contributed by atoms with E-state index in [0.717, 1.165) is 5.56 Å². The first-order valence-corrected chi connectivity index (χ1v) is 9.72. The second-order valence-corrected chi connectivity index (χ2v) is 7.70. The number of hydrogen-bond donors (Lipinski definition) is 1. The smallest absolute Gasteiger partial charge is 0.266 e. The molecule has 0 fully saturated rings. The minimum Gasteiger partial charge on any atom is -0.266 e. The molecule has 2 aromatic heterocycles. The molecular weight excluding hydrogens is 376 g/mol. The van der Waals surface area contributed by atoms with Crippen molar-refractivity contribution in [3.05, 3.63) is 71.0 Å². The van der Waals surface area contributed by atoms with Gasteiger partial charge in [0.05, 0.1) is 5.52 Å². The highest BCUT2D eigenvalue weighted by Crippen LogP contribution is 2.14. The molecule has 0 saturated heterocycles. The number of nitrogens with one attached hydrogen (secondary N) is 1. The van der Waals surface area contributed by atoms with Crippen LogP contribution in [0.3, 0.4) is 0 Å². The van der Waals surface area contributed by atoms with Crippen molar-refractivity contribution in [3.63, 3.8) is 0 Å². The van der Waals surface area contributed by atoms with Crippen LogP contribution in [0.4, 0.5) is 0 Å². The van der Waals surface area contributed by atoms with Gasteiger partial charge in [-0.2, -0.15) is 17.8 Å². The van der Waals surface area contributed by atoms with Gasteiger partial charge in [-0.15, -0.1) is 0 Å². The normalized spacial score (nSPS) is 11.8. The summed E-state index contributed by atoms with van der Waals surface area (Å²) < 4.78 is 29.8. The van der Waals surface area contributed by atoms with E-state index in [1.165, 1.54) is 14.9 Å². The molecule has 3 aromatic rings. The summed E-state index contributed by atoms with van der Waals surface area (Å²) in [7, 11) is -4.01. The number of aromatic nitrogens is 2. The summed E-state index contributed by atoms with van der Waals surface area (Å²) in [5, 5.41) is 4.57. The van der Waals surface area contributed by atoms with Crippen molar-refractivity contribution in [2.75, 3.05) is 6.54 Å². The van der Waals surface area contributed by atoms with Crippen LogP contribution in [0, 0.1) is 0 Å². The number of fused-ring (bicyclic) bond motifs is 1. The van der Waals surface area contributed by atoms with Crippen LogP contribution in [0.2, 0.25) is 5.02 Å². The fraction of sp³-hybridized carbons (Fsp3) is 0.176. The molecule has 26 heavy (non-hydrogen) atoms. The molecule has 0 unspecified atom stereocenters. The first kappa shape index (κ1) is 18.4. The zero-order valence-corrected chi connectivity index (χ0v) is 15.5. The Bertz CT molecular complexity index is 1030. The Morgan fingerprint density at radius 3 is 2.65 bits per heavy atom. The van der Waals surface area contributed by atoms with Crippen LogP contribution in [0.15, 0.2) is 54.7 Å². The molecule has 0 aliphatic rings. The first-order valence-electron chi connectivity index (χ1n) is 7.90. The number of carbonyl (C=O) groups excluding carboxylic acids is 1. The summed E-state index contributed by atoms with van der Waals surface area (Å²) in [5.74, 6) is -0.795. The Hall–Kier alpha value is -2.42. The average Bonchev–Trinajstić information content (AvgIpc) is 3.03. The quantitative estimate of drug-likeness (QED) is 0.698. The lowest BCUT2D eigenvalue weighted by atomic mass is 10.2. The summed E-state index contributed by atoms with van der Waals surface area (Å²) in [5.41, 5.74) is 1.41. The standard InChI is InChI=1S/C17H17ClN4O3S/c1-2-21(12-13-6-4-3-5-7-13)26(24,25)20-17(23)16-11-15-10-14(18)8-9-22(15)19-16/h3-11H,2,12H2,1H3,(H,20,23). The average molecular weight is 393 g/mol. The first-order chi connectivity index (χ1) is 12.4. The maximum absolute atomic E-state index is 12.6. The third kappa shape index (κ3) is 4.04. The maximum atomic E-state index is 12.6. The highest BCUT2D eigenvalue weighted by molar-refractivity contribution is 7.87. The largest absolute Gasteiger partial charge is 0.304 e. The molecule has 0 saturated carbocycles. The Balaban J connectivity index is 1.79. The van der Waals surface area contributed by atoms with Gasteiger partial charge < -0.3 is 0 Å². The number of amides is 1. The fourth-order valence-corrected chi connectivity index (χ4v) is 3.76. The number of nitrogens with zero attached hydrogens (tertiary/aromatic N) is 3. The van der Waals surface area contributed by atoms with E-state index in [0.29, 0.717) is 10.5 Å². The van der Waals surface area contributed by atoms with Crippen molar-refractivity contribution in [3.8, 4) is 0 Å². The molecule has 0 aliphatic heterocycles. The highest BCUT2D eigenvalue weighted by atomic mass is 35.5. The van der Waals surface area contributed by atoms with Gasteiger partial charge in [0.2, 0.25) is 0 Å². The van der Waals surface area contributed by atoms with Crippen LogP contribution < -0.4 is 4.72 Å². The van der Waals surface area contributed by atoms with Gasteiger partial charge in [-0.05, 0) is 23.8 Å². The van der Waals surface area contributed by atoms with Crippen LogP contribution >= 0.6 is 11.6 Å². The molecule has 0 atom stereocenters. The van der Waals surface area contributed by atoms with Gasteiger partial charge in [0.25, 0.3) is 5.91 Å². The van der Waals surface area contributed by atoms with Crippen LogP contribution in [0.5, 0.6) is 0 Å². The molecule has 9 heteroatoms. The lowest BCUT2D eigenvalue weighted by molar-refractivity contribution is 0.0974. The summed E-state index contributed by atoms with van der Waals surface area (Å²) in [6.45, 7) is 2.10. The Kier molecular flexibility index (Phi) is 5.26. The predicted molar refractivity (Wildman–Crippen MR) is 99.1 cm³/mol. The minimum absolute atomic E-state index is 0.00777. The van der Waals surface area contributed by atoms with Crippen molar-refractivity contribution in [1.29, 1.82) is 0 Å². The molecule has 1 amide bonds. The van der Waals surface area contributed by atoms with E-state index in [-0.39, 0.29) is 18.8 Å². The van der Waals surface area contributed by atoms with Crippen LogP contribution in [-0.2, 0) is 16.8 Å². The van der Waals surface area contributed by atoms with Crippen molar-refractivity contribution in [2.45, 2.75) is 13.5 Å². The van der Waals surface area contributed by atoms with Gasteiger partial charge in [0, 0.05) is 24.3 Å². The van der Waals surface area contributed by atoms with Gasteiger partial charge in [-0.25, -0.2) is 9.24 Å². The zero-order chi connectivity index (χ0) is 18.7. The zero-order valence-electron chi connectivity index (χ0n) is 14.0. The molecule has 136 valence electrons. The third-order valence-electron chi connectivity index (χ3n) is 3.77. The summed E-state index contributed by atoms with van der Waals surface area (Å²) in [4.78, 5) is 12.4. The van der Waals surface area contributed by atoms with E-state index in [9.17, 15) is 13.2 Å². The van der Waals surface area contributed by atoms with Crippen LogP contribution in [0.25, 0.3) is 5.52 Å². The van der Waals surface area contributed by atoms with Gasteiger partial charge in [0.15, 0.2) is 5.69 Å². The van der Waals surface area contributed by atoms with E-state index in [1.807, 2.05) is 30.3 Å². The molecule has 0 radical (unpaired) electrons. The maximum Gasteiger partial charge on any atom is 0.304 e. The van der Waals surface area contributed by atoms with E-state index in [1.54, 1.807) is 25.3 Å². The predicted octanol–water partition coefficient (Wildman–Crippen LogP) is 2.48. The number of benzene rings is 1. The number of halogens is 1. The molecule has 3 rings (SSSR count). The lowest BCUT2D eigenvalue weighted by Crippen LogP contribution is -2.43. The van der Waals surface area contributed by atoms with E-state index in [4.69, 9.17) is 11.6 Å². The summed E-state index contributed by atoms with van der Waals surface area (Å²) in [6.07, 6.45) is 1.59. The second kappa shape index (κ2) is 7.45. The summed E-state index contributed by atoms with van der Waals surface area (Å²) in [6, 6.07) is 13.9. The Morgan fingerprint density at radius 2 is 1.96 bits per heavy atom. The van der Waals surface area contributed by atoms with Gasteiger partial charge in [0.1, 0.15) is 0 Å². The fourth-order valence-electron chi connectivity index (χ4n) is 2.47. The van der Waals surface area contributed by atoms with E-state index >= 15 is 0 Å². The van der Waals surface area contributed by atoms with Gasteiger partial charge in [-0.1, -0.05) is 48.9 Å². The number of carbonyl (C=O) groups is 1. The lowest BCUT2D eigenvalue weighted by Gasteiger charge is -2.20. The minimum atomic E-state index is -4.01. The van der Waals surface area contributed by atoms with Crippen LogP contribution in [0.1, 0.15) is 23.0 Å². The van der Waals surface area contributed by atoms with Crippen molar-refractivity contribution in [1.82, 2.24) is 18.6 Å². The highest BCUT2D eigenvalue weighted by Gasteiger charge is 2.25. The third-order valence-corrected chi connectivity index (χ3v) is 5.52. The molecule has 1 aromatic carbocycles. The Labute approximate surface area is 156 Å². The summed E-state index contributed by atoms with van der Waals surface area (Å²) >= 11 is 5.91. The van der Waals surface area contributed by atoms with E-state index in [2.05, 4.69) is 9.82 Å². The Morgan fingerprint density at radius 1 is 1.23 bits per heavy atom. The second-order valence-electron chi connectivity index (χ2n) is 5.59. The molecule has 0 spiro atoms. The molecule has 0 aliphatic carbocycles. The molecular formula is C17H17ClN4O3S. The van der Waals surface area contributed by atoms with Gasteiger partial charge in [-0.3, -0.25) is 4.79 Å². The van der Waals surface area contributed by atoms with Crippen molar-refractivity contribution in [2.24, 2.45) is 0 Å². The van der Waals surface area contributed by atoms with Gasteiger partial charge >= 0.3 is 10.2 Å². The number of pyridine rings is 1. The molecule has 7 nitrogen and oxygen atoms in total. The topological polar surface area (TPSA) is 83.8 Å². The SMILES string of the molecule is CCN(Cc1ccccc1)S(=O)(=O)NC(=O)c1cc2cc(Cl)ccn2n1. The number of hydrogen-bond acceptors (Lipinski definition) is 4.